The zero-order valence-electron chi connectivity index (χ0n) is 17.4. The number of pyridine rings is 2. The lowest BCUT2D eigenvalue weighted by Gasteiger charge is -2.39. The van der Waals surface area contributed by atoms with E-state index >= 15 is 0 Å². The van der Waals surface area contributed by atoms with Crippen molar-refractivity contribution < 1.29 is 4.74 Å². The van der Waals surface area contributed by atoms with Crippen molar-refractivity contribution in [3.63, 3.8) is 0 Å². The van der Waals surface area contributed by atoms with Gasteiger partial charge in [-0.05, 0) is 31.0 Å². The summed E-state index contributed by atoms with van der Waals surface area (Å²) >= 11 is 1.78. The Balaban J connectivity index is 0.000000994. The molecule has 4 heterocycles. The molecule has 0 radical (unpaired) electrons. The third-order valence-electron chi connectivity index (χ3n) is 5.58. The normalized spacial score (nSPS) is 22.0. The molecule has 2 N–H and O–H groups in total. The number of fused-ring (bicyclic) bond motifs is 1. The van der Waals surface area contributed by atoms with Crippen molar-refractivity contribution in [3.05, 3.63) is 24.4 Å². The summed E-state index contributed by atoms with van der Waals surface area (Å²) in [5, 5.41) is 9.22. The summed E-state index contributed by atoms with van der Waals surface area (Å²) in [5.41, 5.74) is 6.15. The molecule has 0 aromatic carbocycles. The predicted molar refractivity (Wildman–Crippen MR) is 121 cm³/mol. The van der Waals surface area contributed by atoms with Gasteiger partial charge in [0.15, 0.2) is 5.50 Å². The average molecular weight is 415 g/mol. The van der Waals surface area contributed by atoms with Gasteiger partial charge in [-0.2, -0.15) is 5.10 Å². The smallest absolute Gasteiger partial charge is 0.167 e. The van der Waals surface area contributed by atoms with Crippen LogP contribution < -0.4 is 15.6 Å². The third-order valence-corrected chi connectivity index (χ3v) is 6.71. The van der Waals surface area contributed by atoms with Gasteiger partial charge in [0.2, 0.25) is 0 Å². The summed E-state index contributed by atoms with van der Waals surface area (Å²) in [7, 11) is 1.76. The summed E-state index contributed by atoms with van der Waals surface area (Å²) in [4.78, 5) is 11.6. The van der Waals surface area contributed by atoms with Gasteiger partial charge in [-0.15, -0.1) is 0 Å². The molecule has 1 saturated heterocycles. The third kappa shape index (κ3) is 4.43. The van der Waals surface area contributed by atoms with E-state index in [1.807, 2.05) is 32.2 Å². The molecule has 1 atom stereocenters. The van der Waals surface area contributed by atoms with Crippen LogP contribution in [0.2, 0.25) is 0 Å². The fraction of sp³-hybridized carbons (Fsp3) is 0.571. The lowest BCUT2D eigenvalue weighted by atomic mass is 10.1. The molecule has 1 saturated carbocycles. The van der Waals surface area contributed by atoms with E-state index < -0.39 is 0 Å². The first-order valence-electron chi connectivity index (χ1n) is 10.6. The van der Waals surface area contributed by atoms with Gasteiger partial charge < -0.3 is 15.0 Å². The Morgan fingerprint density at radius 2 is 1.97 bits per heavy atom. The van der Waals surface area contributed by atoms with E-state index in [4.69, 9.17) is 9.72 Å². The molecule has 5 rings (SSSR count). The quantitative estimate of drug-likeness (QED) is 0.765. The van der Waals surface area contributed by atoms with Crippen LogP contribution in [-0.4, -0.2) is 46.8 Å². The average Bonchev–Trinajstić information content (AvgIpc) is 3.40. The van der Waals surface area contributed by atoms with Crippen LogP contribution in [0.5, 0.6) is 0 Å². The SMILES string of the molecule is CC.COC1CN(c2cnc3ccc(NC4NN=C(C5CCCC5)S4)nc3c2)C1. The fourth-order valence-corrected chi connectivity index (χ4v) is 4.96. The van der Waals surface area contributed by atoms with Crippen LogP contribution in [-0.2, 0) is 4.74 Å². The lowest BCUT2D eigenvalue weighted by Crippen LogP contribution is -2.51. The van der Waals surface area contributed by atoms with Gasteiger partial charge in [0.1, 0.15) is 10.9 Å². The minimum Gasteiger partial charge on any atom is -0.378 e. The molecule has 2 aromatic rings. The molecule has 1 unspecified atom stereocenters. The second-order valence-electron chi connectivity index (χ2n) is 7.39. The number of thioether (sulfide) groups is 1. The number of methoxy groups -OCH3 is 1. The molecular weight excluding hydrogens is 384 g/mol. The Labute approximate surface area is 176 Å². The highest BCUT2D eigenvalue weighted by atomic mass is 32.2. The van der Waals surface area contributed by atoms with Gasteiger partial charge in [0.25, 0.3) is 0 Å². The van der Waals surface area contributed by atoms with Crippen LogP contribution in [0, 0.1) is 5.92 Å². The number of aromatic nitrogens is 2. The van der Waals surface area contributed by atoms with Gasteiger partial charge in [-0.3, -0.25) is 10.4 Å². The Hall–Kier alpha value is -2.06. The van der Waals surface area contributed by atoms with E-state index in [1.54, 1.807) is 18.9 Å². The molecule has 2 aromatic heterocycles. The largest absolute Gasteiger partial charge is 0.378 e. The maximum absolute atomic E-state index is 5.36. The highest BCUT2D eigenvalue weighted by Gasteiger charge is 2.29. The van der Waals surface area contributed by atoms with Crippen molar-refractivity contribution in [2.75, 3.05) is 30.4 Å². The van der Waals surface area contributed by atoms with Crippen LogP contribution in [0.25, 0.3) is 11.0 Å². The van der Waals surface area contributed by atoms with Gasteiger partial charge in [-0.25, -0.2) is 4.98 Å². The second-order valence-corrected chi connectivity index (χ2v) is 8.52. The van der Waals surface area contributed by atoms with E-state index in [0.29, 0.717) is 12.0 Å². The van der Waals surface area contributed by atoms with E-state index in [-0.39, 0.29) is 5.50 Å². The number of hydrazone groups is 1. The molecule has 7 nitrogen and oxygen atoms in total. The van der Waals surface area contributed by atoms with Crippen molar-refractivity contribution in [2.24, 2.45) is 11.0 Å². The van der Waals surface area contributed by atoms with Crippen molar-refractivity contribution in [1.82, 2.24) is 15.4 Å². The van der Waals surface area contributed by atoms with E-state index in [0.717, 1.165) is 35.6 Å². The molecule has 8 heteroatoms. The van der Waals surface area contributed by atoms with Gasteiger partial charge in [0, 0.05) is 26.1 Å². The standard InChI is InChI=1S/C19H24N6OS.C2H6/c1-26-14-10-25(11-14)13-8-16-15(20-9-13)6-7-17(21-16)22-19-24-23-18(27-19)12-4-2-3-5-12;1-2/h6-9,12,14,19,24H,2-5,10-11H2,1H3,(H,21,22);1-2H3. The van der Waals surface area contributed by atoms with Crippen LogP contribution >= 0.6 is 11.8 Å². The molecular formula is C21H30N6OS. The predicted octanol–water partition coefficient (Wildman–Crippen LogP) is 4.03. The van der Waals surface area contributed by atoms with Crippen molar-refractivity contribution >= 4 is 39.3 Å². The molecule has 0 spiro atoms. The van der Waals surface area contributed by atoms with Crippen molar-refractivity contribution in [1.29, 1.82) is 0 Å². The Morgan fingerprint density at radius 1 is 1.17 bits per heavy atom. The van der Waals surface area contributed by atoms with Gasteiger partial charge in [0.05, 0.1) is 29.0 Å². The molecule has 2 fully saturated rings. The first-order chi connectivity index (χ1) is 14.3. The number of rotatable bonds is 5. The number of nitrogens with zero attached hydrogens (tertiary/aromatic N) is 4. The summed E-state index contributed by atoms with van der Waals surface area (Å²) < 4.78 is 5.36. The molecule has 3 aliphatic rings. The number of ether oxygens (including phenoxy) is 1. The second kappa shape index (κ2) is 9.17. The molecule has 2 aliphatic heterocycles. The van der Waals surface area contributed by atoms with Crippen molar-refractivity contribution in [3.8, 4) is 0 Å². The first kappa shape index (κ1) is 20.2. The summed E-state index contributed by atoms with van der Waals surface area (Å²) in [6.45, 7) is 5.82. The van der Waals surface area contributed by atoms with Crippen LogP contribution in [0.4, 0.5) is 11.5 Å². The summed E-state index contributed by atoms with van der Waals surface area (Å²) in [6.07, 6.45) is 7.42. The Kier molecular flexibility index (Phi) is 6.40. The van der Waals surface area contributed by atoms with Crippen molar-refractivity contribution in [2.45, 2.75) is 51.1 Å². The number of nitrogens with one attached hydrogen (secondary N) is 2. The molecule has 156 valence electrons. The van der Waals surface area contributed by atoms with Crippen LogP contribution in [0.1, 0.15) is 39.5 Å². The minimum absolute atomic E-state index is 0.0412. The zero-order chi connectivity index (χ0) is 20.2. The number of hydrogen-bond donors (Lipinski definition) is 2. The van der Waals surface area contributed by atoms with Crippen LogP contribution in [0.15, 0.2) is 29.5 Å². The van der Waals surface area contributed by atoms with Gasteiger partial charge in [-0.1, -0.05) is 38.5 Å². The molecule has 1 aliphatic carbocycles. The lowest BCUT2D eigenvalue weighted by molar-refractivity contribution is 0.0787. The van der Waals surface area contributed by atoms with E-state index in [9.17, 15) is 0 Å². The monoisotopic (exact) mass is 414 g/mol. The van der Waals surface area contributed by atoms with Crippen LogP contribution in [0.3, 0.4) is 0 Å². The summed E-state index contributed by atoms with van der Waals surface area (Å²) in [5.74, 6) is 1.48. The van der Waals surface area contributed by atoms with E-state index in [2.05, 4.69) is 31.8 Å². The Morgan fingerprint density at radius 3 is 2.72 bits per heavy atom. The fourth-order valence-electron chi connectivity index (χ4n) is 3.90. The first-order valence-corrected chi connectivity index (χ1v) is 11.5. The minimum atomic E-state index is 0.0412. The highest BCUT2D eigenvalue weighted by molar-refractivity contribution is 8.14. The molecule has 0 amide bonds. The molecule has 0 bridgehead atoms. The zero-order valence-corrected chi connectivity index (χ0v) is 18.2. The maximum Gasteiger partial charge on any atom is 0.167 e. The summed E-state index contributed by atoms with van der Waals surface area (Å²) in [6, 6.07) is 6.10. The Bertz CT molecular complexity index is 863. The maximum atomic E-state index is 5.36. The van der Waals surface area contributed by atoms with E-state index in [1.165, 1.54) is 30.7 Å². The number of hydrogen-bond acceptors (Lipinski definition) is 8. The molecule has 29 heavy (non-hydrogen) atoms. The highest BCUT2D eigenvalue weighted by Crippen LogP contribution is 2.34. The topological polar surface area (TPSA) is 74.7 Å². The van der Waals surface area contributed by atoms with Gasteiger partial charge >= 0.3 is 0 Å². The number of anilines is 2.